The minimum absolute atomic E-state index is 0.00355. The van der Waals surface area contributed by atoms with Crippen LogP contribution in [0, 0.1) is 13.8 Å². The molecule has 0 radical (unpaired) electrons. The lowest BCUT2D eigenvalue weighted by Crippen LogP contribution is -2.14. The van der Waals surface area contributed by atoms with Crippen LogP contribution in [0.3, 0.4) is 0 Å². The molecule has 0 nitrogen and oxygen atoms in total. The molecule has 0 saturated carbocycles. The van der Waals surface area contributed by atoms with Gasteiger partial charge < -0.3 is 0 Å². The first kappa shape index (κ1) is 30.6. The van der Waals surface area contributed by atoms with Gasteiger partial charge in [-0.05, 0) is 114 Å². The van der Waals surface area contributed by atoms with Crippen molar-refractivity contribution in [2.24, 2.45) is 0 Å². The number of hydrogen-bond acceptors (Lipinski definition) is 0. The minimum Gasteiger partial charge on any atom is -0.0619 e. The van der Waals surface area contributed by atoms with E-state index in [1.165, 1.54) is 100 Å². The molecule has 0 spiro atoms. The molecule has 9 rings (SSSR count). The van der Waals surface area contributed by atoms with Gasteiger partial charge in [0.05, 0.1) is 0 Å². The van der Waals surface area contributed by atoms with Crippen molar-refractivity contribution in [3.8, 4) is 66.8 Å². The highest BCUT2D eigenvalue weighted by molar-refractivity contribution is 5.94. The molecule has 50 heavy (non-hydrogen) atoms. The standard InChI is InChI=1S/C50H42/c1-31-29-42(36-27-23-34(24-28-36)38-16-12-20-46-48(38)40-14-8-10-18-44(40)50(46,5)6)32(2)30-41(31)35-25-21-33(22-26-35)37-15-11-19-45-47(37)39-13-7-9-17-43(39)49(45,3)4/h7-30H,1-6H3. The van der Waals surface area contributed by atoms with E-state index in [-0.39, 0.29) is 10.8 Å². The van der Waals surface area contributed by atoms with Gasteiger partial charge in [-0.25, -0.2) is 0 Å². The molecule has 0 heterocycles. The second-order valence-electron chi connectivity index (χ2n) is 15.4. The molecule has 2 aliphatic rings. The first-order valence-corrected chi connectivity index (χ1v) is 17.9. The Labute approximate surface area is 297 Å². The average Bonchev–Trinajstić information content (AvgIpc) is 3.53. The van der Waals surface area contributed by atoms with E-state index in [1.807, 2.05) is 0 Å². The summed E-state index contributed by atoms with van der Waals surface area (Å²) < 4.78 is 0. The first-order valence-electron chi connectivity index (χ1n) is 17.9. The fourth-order valence-electron chi connectivity index (χ4n) is 9.09. The van der Waals surface area contributed by atoms with E-state index >= 15 is 0 Å². The first-order chi connectivity index (χ1) is 24.1. The predicted octanol–water partition coefficient (Wildman–Crippen LogP) is 13.6. The van der Waals surface area contributed by atoms with E-state index in [0.717, 1.165) is 0 Å². The molecule has 0 saturated heterocycles. The van der Waals surface area contributed by atoms with E-state index in [0.29, 0.717) is 0 Å². The highest BCUT2D eigenvalue weighted by atomic mass is 14.4. The quantitative estimate of drug-likeness (QED) is 0.179. The van der Waals surface area contributed by atoms with Crippen molar-refractivity contribution in [2.45, 2.75) is 52.4 Å². The fraction of sp³-hybridized carbons (Fsp3) is 0.160. The molecule has 7 aromatic carbocycles. The SMILES string of the molecule is Cc1cc(-c2ccc(-c3cccc4c3-c3ccccc3C4(C)C)cc2)c(C)cc1-c1ccc(-c2cccc3c2-c2ccccc2C3(C)C)cc1. The van der Waals surface area contributed by atoms with Gasteiger partial charge in [0, 0.05) is 10.8 Å². The molecule has 0 heteroatoms. The van der Waals surface area contributed by atoms with Crippen LogP contribution in [0.1, 0.15) is 61.1 Å². The minimum atomic E-state index is 0.00355. The number of hydrogen-bond donors (Lipinski definition) is 0. The highest BCUT2D eigenvalue weighted by Gasteiger charge is 2.37. The van der Waals surface area contributed by atoms with Crippen LogP contribution < -0.4 is 0 Å². The fourth-order valence-corrected chi connectivity index (χ4v) is 9.09. The second kappa shape index (κ2) is 11.0. The van der Waals surface area contributed by atoms with Crippen molar-refractivity contribution in [3.05, 3.63) is 179 Å². The third-order valence-electron chi connectivity index (χ3n) is 11.8. The van der Waals surface area contributed by atoms with Gasteiger partial charge in [0.1, 0.15) is 0 Å². The van der Waals surface area contributed by atoms with Crippen LogP contribution in [0.2, 0.25) is 0 Å². The van der Waals surface area contributed by atoms with Crippen molar-refractivity contribution in [2.75, 3.05) is 0 Å². The zero-order valence-corrected chi connectivity index (χ0v) is 29.9. The molecule has 0 bridgehead atoms. The predicted molar refractivity (Wildman–Crippen MR) is 213 cm³/mol. The van der Waals surface area contributed by atoms with Crippen LogP contribution in [0.5, 0.6) is 0 Å². The molecule has 0 atom stereocenters. The van der Waals surface area contributed by atoms with Gasteiger partial charge in [-0.3, -0.25) is 0 Å². The van der Waals surface area contributed by atoms with Crippen LogP contribution in [0.15, 0.2) is 146 Å². The maximum Gasteiger partial charge on any atom is 0.0159 e. The molecule has 242 valence electrons. The Morgan fingerprint density at radius 2 is 0.600 bits per heavy atom. The van der Waals surface area contributed by atoms with Gasteiger partial charge in [0.25, 0.3) is 0 Å². The Bertz CT molecular complexity index is 2290. The summed E-state index contributed by atoms with van der Waals surface area (Å²) in [5, 5.41) is 0. The summed E-state index contributed by atoms with van der Waals surface area (Å²) in [4.78, 5) is 0. The van der Waals surface area contributed by atoms with Gasteiger partial charge in [-0.2, -0.15) is 0 Å². The van der Waals surface area contributed by atoms with Crippen molar-refractivity contribution in [1.82, 2.24) is 0 Å². The monoisotopic (exact) mass is 642 g/mol. The molecule has 2 aliphatic carbocycles. The second-order valence-corrected chi connectivity index (χ2v) is 15.4. The molecule has 0 unspecified atom stereocenters. The zero-order chi connectivity index (χ0) is 34.4. The van der Waals surface area contributed by atoms with E-state index < -0.39 is 0 Å². The van der Waals surface area contributed by atoms with Crippen LogP contribution in [-0.2, 0) is 10.8 Å². The smallest absolute Gasteiger partial charge is 0.0159 e. The number of benzene rings is 7. The molecule has 0 N–H and O–H groups in total. The van der Waals surface area contributed by atoms with Crippen LogP contribution in [-0.4, -0.2) is 0 Å². The molecule has 0 amide bonds. The van der Waals surface area contributed by atoms with Crippen LogP contribution >= 0.6 is 0 Å². The third kappa shape index (κ3) is 4.44. The summed E-state index contributed by atoms with van der Waals surface area (Å²) in [6.45, 7) is 13.9. The average molecular weight is 643 g/mol. The van der Waals surface area contributed by atoms with Crippen molar-refractivity contribution in [3.63, 3.8) is 0 Å². The van der Waals surface area contributed by atoms with E-state index in [9.17, 15) is 0 Å². The highest BCUT2D eigenvalue weighted by Crippen LogP contribution is 2.53. The van der Waals surface area contributed by atoms with Gasteiger partial charge in [-0.1, -0.05) is 173 Å². The van der Waals surface area contributed by atoms with Gasteiger partial charge in [-0.15, -0.1) is 0 Å². The summed E-state index contributed by atoms with van der Waals surface area (Å²) >= 11 is 0. The molecule has 0 aliphatic heterocycles. The third-order valence-corrected chi connectivity index (χ3v) is 11.8. The maximum absolute atomic E-state index is 2.37. The van der Waals surface area contributed by atoms with Crippen LogP contribution in [0.4, 0.5) is 0 Å². The van der Waals surface area contributed by atoms with Gasteiger partial charge in [0.15, 0.2) is 0 Å². The largest absolute Gasteiger partial charge is 0.0619 e. The normalized spacial score (nSPS) is 14.5. The van der Waals surface area contributed by atoms with Crippen molar-refractivity contribution in [1.29, 1.82) is 0 Å². The Hall–Kier alpha value is -5.46. The van der Waals surface area contributed by atoms with E-state index in [2.05, 4.69) is 187 Å². The topological polar surface area (TPSA) is 0 Å². The van der Waals surface area contributed by atoms with Gasteiger partial charge in [0.2, 0.25) is 0 Å². The zero-order valence-electron chi connectivity index (χ0n) is 29.9. The summed E-state index contributed by atoms with van der Waals surface area (Å²) in [6.07, 6.45) is 0. The lowest BCUT2D eigenvalue weighted by atomic mass is 9.82. The van der Waals surface area contributed by atoms with E-state index in [4.69, 9.17) is 0 Å². The van der Waals surface area contributed by atoms with Crippen molar-refractivity contribution >= 4 is 0 Å². The van der Waals surface area contributed by atoms with Crippen LogP contribution in [0.25, 0.3) is 66.8 Å². The number of aryl methyl sites for hydroxylation is 2. The Balaban J connectivity index is 1.03. The molecule has 0 fully saturated rings. The summed E-state index contributed by atoms with van der Waals surface area (Å²) in [7, 11) is 0. The van der Waals surface area contributed by atoms with Crippen molar-refractivity contribution < 1.29 is 0 Å². The molecule has 7 aromatic rings. The van der Waals surface area contributed by atoms with E-state index in [1.54, 1.807) is 0 Å². The maximum atomic E-state index is 2.37. The molecular formula is C50H42. The molecule has 0 aromatic heterocycles. The Kier molecular flexibility index (Phi) is 6.74. The molecular weight excluding hydrogens is 601 g/mol. The Morgan fingerprint density at radius 1 is 0.300 bits per heavy atom. The lowest BCUT2D eigenvalue weighted by molar-refractivity contribution is 0.660. The van der Waals surface area contributed by atoms with Gasteiger partial charge >= 0.3 is 0 Å². The Morgan fingerprint density at radius 3 is 0.980 bits per heavy atom. The summed E-state index contributed by atoms with van der Waals surface area (Å²) in [5.74, 6) is 0. The summed E-state index contributed by atoms with van der Waals surface area (Å²) in [6, 6.07) is 54.6. The number of rotatable bonds is 4. The lowest BCUT2D eigenvalue weighted by Gasteiger charge is -2.21. The summed E-state index contributed by atoms with van der Waals surface area (Å²) in [5.41, 5.74) is 24.0. The number of fused-ring (bicyclic) bond motifs is 6.